The smallest absolute Gasteiger partial charge is 0.397 e. The average molecular weight is 273 g/mol. The molecule has 2 rings (SSSR count). The van der Waals surface area contributed by atoms with Gasteiger partial charge in [0.15, 0.2) is 0 Å². The Kier molecular flexibility index (Phi) is 3.62. The van der Waals surface area contributed by atoms with E-state index in [9.17, 15) is 13.2 Å². The van der Waals surface area contributed by atoms with Gasteiger partial charge in [0.2, 0.25) is 0 Å². The molecule has 0 radical (unpaired) electrons. The summed E-state index contributed by atoms with van der Waals surface area (Å²) in [6.45, 7) is 5.56. The van der Waals surface area contributed by atoms with Crippen molar-refractivity contribution in [3.8, 4) is 0 Å². The first kappa shape index (κ1) is 14.0. The molecule has 1 aliphatic rings. The predicted molar refractivity (Wildman–Crippen MR) is 70.1 cm³/mol. The average Bonchev–Trinajstić information content (AvgIpc) is 2.26. The predicted octanol–water partition coefficient (Wildman–Crippen LogP) is 2.47. The summed E-state index contributed by atoms with van der Waals surface area (Å²) in [5.74, 6) is 0. The lowest BCUT2D eigenvalue weighted by Crippen LogP contribution is -2.54. The quantitative estimate of drug-likeness (QED) is 0.772. The van der Waals surface area contributed by atoms with Crippen LogP contribution in [0.3, 0.4) is 0 Å². The molecule has 3 N–H and O–H groups in total. The molecule has 0 aliphatic carbocycles. The van der Waals surface area contributed by atoms with Crippen molar-refractivity contribution in [1.29, 1.82) is 0 Å². The maximum Gasteiger partial charge on any atom is 0.416 e. The van der Waals surface area contributed by atoms with Crippen molar-refractivity contribution in [3.05, 3.63) is 23.8 Å². The molecular formula is C13H18F3N3. The largest absolute Gasteiger partial charge is 0.416 e. The first-order valence-corrected chi connectivity index (χ1v) is 6.25. The zero-order chi connectivity index (χ0) is 14.2. The molecule has 1 fully saturated rings. The topological polar surface area (TPSA) is 41.3 Å². The van der Waals surface area contributed by atoms with Crippen molar-refractivity contribution < 1.29 is 13.2 Å². The number of hydrogen-bond acceptors (Lipinski definition) is 3. The first-order chi connectivity index (χ1) is 8.77. The molecule has 1 aromatic rings. The lowest BCUT2D eigenvalue weighted by Gasteiger charge is -2.38. The van der Waals surface area contributed by atoms with Crippen LogP contribution in [0.4, 0.5) is 24.5 Å². The van der Waals surface area contributed by atoms with Crippen molar-refractivity contribution in [2.24, 2.45) is 0 Å². The van der Waals surface area contributed by atoms with Gasteiger partial charge in [0, 0.05) is 25.2 Å². The van der Waals surface area contributed by atoms with Crippen molar-refractivity contribution in [2.45, 2.75) is 32.1 Å². The Balaban J connectivity index is 2.26. The van der Waals surface area contributed by atoms with Crippen LogP contribution >= 0.6 is 0 Å². The number of nitrogens with one attached hydrogen (secondary N) is 1. The highest BCUT2D eigenvalue weighted by Crippen LogP contribution is 2.34. The summed E-state index contributed by atoms with van der Waals surface area (Å²) >= 11 is 0. The van der Waals surface area contributed by atoms with Gasteiger partial charge in [0.1, 0.15) is 0 Å². The van der Waals surface area contributed by atoms with Crippen molar-refractivity contribution in [1.82, 2.24) is 5.32 Å². The van der Waals surface area contributed by atoms with Crippen LogP contribution in [0.5, 0.6) is 0 Å². The molecule has 6 heteroatoms. The molecule has 0 saturated carbocycles. The molecule has 19 heavy (non-hydrogen) atoms. The van der Waals surface area contributed by atoms with Crippen LogP contribution < -0.4 is 16.0 Å². The third-order valence-corrected chi connectivity index (χ3v) is 3.25. The molecule has 1 aliphatic heterocycles. The van der Waals surface area contributed by atoms with Gasteiger partial charge in [-0.2, -0.15) is 13.2 Å². The summed E-state index contributed by atoms with van der Waals surface area (Å²) in [5.41, 5.74) is 5.93. The van der Waals surface area contributed by atoms with Crippen LogP contribution in [0.15, 0.2) is 18.2 Å². The number of nitrogens with zero attached hydrogens (tertiary/aromatic N) is 1. The van der Waals surface area contributed by atoms with Gasteiger partial charge in [-0.25, -0.2) is 0 Å². The molecule has 0 aromatic heterocycles. The molecule has 0 bridgehead atoms. The van der Waals surface area contributed by atoms with Gasteiger partial charge < -0.3 is 16.0 Å². The summed E-state index contributed by atoms with van der Waals surface area (Å²) in [5, 5.41) is 3.37. The van der Waals surface area contributed by atoms with E-state index in [2.05, 4.69) is 5.32 Å². The minimum atomic E-state index is -4.35. The Hall–Kier alpha value is -1.43. The standard InChI is InChI=1S/C13H18F3N3/c1-8-6-19(7-9(2)18-8)12-4-3-10(5-11(12)17)13(14,15)16/h3-5,8-9,18H,6-7,17H2,1-2H3/t8-,9+. The van der Waals surface area contributed by atoms with Crippen LogP contribution in [0.2, 0.25) is 0 Å². The number of benzene rings is 1. The fraction of sp³-hybridized carbons (Fsp3) is 0.538. The van der Waals surface area contributed by atoms with Gasteiger partial charge in [0.25, 0.3) is 0 Å². The van der Waals surface area contributed by atoms with E-state index in [0.717, 1.165) is 25.2 Å². The number of anilines is 2. The number of alkyl halides is 3. The third-order valence-electron chi connectivity index (χ3n) is 3.25. The van der Waals surface area contributed by atoms with Crippen molar-refractivity contribution in [3.63, 3.8) is 0 Å². The molecule has 0 unspecified atom stereocenters. The number of rotatable bonds is 1. The number of piperazine rings is 1. The molecule has 1 saturated heterocycles. The van der Waals surface area contributed by atoms with E-state index in [1.54, 1.807) is 0 Å². The van der Waals surface area contributed by atoms with E-state index < -0.39 is 11.7 Å². The zero-order valence-electron chi connectivity index (χ0n) is 11.0. The van der Waals surface area contributed by atoms with E-state index >= 15 is 0 Å². The third kappa shape index (κ3) is 3.12. The van der Waals surface area contributed by atoms with Gasteiger partial charge in [-0.05, 0) is 32.0 Å². The SMILES string of the molecule is C[C@@H]1CN(c2ccc(C(F)(F)F)cc2N)C[C@H](C)N1. The van der Waals surface area contributed by atoms with Crippen LogP contribution in [-0.4, -0.2) is 25.2 Å². The van der Waals surface area contributed by atoms with Gasteiger partial charge in [0.05, 0.1) is 16.9 Å². The molecular weight excluding hydrogens is 255 g/mol. The number of nitrogen functional groups attached to an aromatic ring is 1. The Bertz CT molecular complexity index is 449. The lowest BCUT2D eigenvalue weighted by atomic mass is 10.1. The van der Waals surface area contributed by atoms with Gasteiger partial charge in [-0.15, -0.1) is 0 Å². The highest BCUT2D eigenvalue weighted by atomic mass is 19.4. The number of halogens is 3. The minimum Gasteiger partial charge on any atom is -0.397 e. The van der Waals surface area contributed by atoms with Crippen molar-refractivity contribution >= 4 is 11.4 Å². The second kappa shape index (κ2) is 4.92. The second-order valence-electron chi connectivity index (χ2n) is 5.15. The minimum absolute atomic E-state index is 0.177. The van der Waals surface area contributed by atoms with E-state index in [-0.39, 0.29) is 17.8 Å². The molecule has 1 aromatic carbocycles. The van der Waals surface area contributed by atoms with Gasteiger partial charge in [-0.1, -0.05) is 0 Å². The molecule has 1 heterocycles. The molecule has 106 valence electrons. The normalized spacial score (nSPS) is 24.6. The van der Waals surface area contributed by atoms with E-state index in [1.807, 2.05) is 18.7 Å². The fourth-order valence-electron chi connectivity index (χ4n) is 2.54. The molecule has 0 spiro atoms. The molecule has 3 nitrogen and oxygen atoms in total. The van der Waals surface area contributed by atoms with Crippen LogP contribution in [0.1, 0.15) is 19.4 Å². The summed E-state index contributed by atoms with van der Waals surface area (Å²) in [6, 6.07) is 4.12. The number of hydrogen-bond donors (Lipinski definition) is 2. The zero-order valence-corrected chi connectivity index (χ0v) is 11.0. The highest BCUT2D eigenvalue weighted by molar-refractivity contribution is 5.69. The first-order valence-electron chi connectivity index (χ1n) is 6.25. The monoisotopic (exact) mass is 273 g/mol. The van der Waals surface area contributed by atoms with E-state index in [0.29, 0.717) is 5.69 Å². The van der Waals surface area contributed by atoms with Gasteiger partial charge in [-0.3, -0.25) is 0 Å². The fourth-order valence-corrected chi connectivity index (χ4v) is 2.54. The van der Waals surface area contributed by atoms with Crippen molar-refractivity contribution in [2.75, 3.05) is 23.7 Å². The van der Waals surface area contributed by atoms with E-state index in [1.165, 1.54) is 6.07 Å². The Morgan fingerprint density at radius 2 is 1.79 bits per heavy atom. The Labute approximate surface area is 110 Å². The van der Waals surface area contributed by atoms with Crippen LogP contribution in [0.25, 0.3) is 0 Å². The number of nitrogens with two attached hydrogens (primary N) is 1. The Morgan fingerprint density at radius 3 is 2.26 bits per heavy atom. The lowest BCUT2D eigenvalue weighted by molar-refractivity contribution is -0.137. The summed E-state index contributed by atoms with van der Waals surface area (Å²) in [7, 11) is 0. The van der Waals surface area contributed by atoms with Crippen LogP contribution in [0, 0.1) is 0 Å². The summed E-state index contributed by atoms with van der Waals surface area (Å²) in [6.07, 6.45) is -4.35. The van der Waals surface area contributed by atoms with Crippen LogP contribution in [-0.2, 0) is 6.18 Å². The maximum atomic E-state index is 12.6. The second-order valence-corrected chi connectivity index (χ2v) is 5.15. The van der Waals surface area contributed by atoms with Gasteiger partial charge >= 0.3 is 6.18 Å². The highest BCUT2D eigenvalue weighted by Gasteiger charge is 2.31. The molecule has 2 atom stereocenters. The maximum absolute atomic E-state index is 12.6. The Morgan fingerprint density at radius 1 is 1.21 bits per heavy atom. The van der Waals surface area contributed by atoms with E-state index in [4.69, 9.17) is 5.73 Å². The summed E-state index contributed by atoms with van der Waals surface area (Å²) in [4.78, 5) is 2.03. The molecule has 0 amide bonds. The summed E-state index contributed by atoms with van der Waals surface area (Å²) < 4.78 is 37.8.